The van der Waals surface area contributed by atoms with Gasteiger partial charge in [-0.05, 0) is 31.9 Å². The SMILES string of the molecule is Cc1cccc2nc(CN(CCO)C3CC3)cn12. The van der Waals surface area contributed by atoms with E-state index < -0.39 is 0 Å². The molecule has 0 unspecified atom stereocenters. The molecule has 0 aliphatic heterocycles. The maximum atomic E-state index is 9.11. The van der Waals surface area contributed by atoms with E-state index in [2.05, 4.69) is 33.5 Å². The molecule has 0 saturated heterocycles. The van der Waals surface area contributed by atoms with Gasteiger partial charge in [0.2, 0.25) is 0 Å². The van der Waals surface area contributed by atoms with E-state index in [-0.39, 0.29) is 6.61 Å². The van der Waals surface area contributed by atoms with E-state index in [4.69, 9.17) is 5.11 Å². The zero-order valence-corrected chi connectivity index (χ0v) is 10.7. The number of fused-ring (bicyclic) bond motifs is 1. The zero-order chi connectivity index (χ0) is 12.5. The highest BCUT2D eigenvalue weighted by molar-refractivity contribution is 5.41. The third-order valence-corrected chi connectivity index (χ3v) is 3.56. The molecular weight excluding hydrogens is 226 g/mol. The van der Waals surface area contributed by atoms with Crippen LogP contribution in [0.2, 0.25) is 0 Å². The molecule has 2 aromatic heterocycles. The number of imidazole rings is 1. The predicted octanol–water partition coefficient (Wildman–Crippen LogP) is 1.60. The number of pyridine rings is 1. The lowest BCUT2D eigenvalue weighted by molar-refractivity contribution is 0.182. The lowest BCUT2D eigenvalue weighted by atomic mass is 10.3. The topological polar surface area (TPSA) is 40.8 Å². The largest absolute Gasteiger partial charge is 0.395 e. The molecular formula is C14H19N3O. The van der Waals surface area contributed by atoms with E-state index in [1.807, 2.05) is 12.1 Å². The van der Waals surface area contributed by atoms with Gasteiger partial charge in [-0.25, -0.2) is 4.98 Å². The molecule has 1 N–H and O–H groups in total. The van der Waals surface area contributed by atoms with Crippen LogP contribution in [0.1, 0.15) is 24.2 Å². The van der Waals surface area contributed by atoms with Crippen LogP contribution in [0.5, 0.6) is 0 Å². The summed E-state index contributed by atoms with van der Waals surface area (Å²) in [7, 11) is 0. The van der Waals surface area contributed by atoms with Crippen LogP contribution in [-0.2, 0) is 6.54 Å². The van der Waals surface area contributed by atoms with E-state index in [1.54, 1.807) is 0 Å². The Morgan fingerprint density at radius 1 is 1.44 bits per heavy atom. The number of hydrogen-bond acceptors (Lipinski definition) is 3. The Morgan fingerprint density at radius 2 is 2.28 bits per heavy atom. The molecule has 2 heterocycles. The molecule has 0 bridgehead atoms. The fourth-order valence-corrected chi connectivity index (χ4v) is 2.44. The van der Waals surface area contributed by atoms with Crippen LogP contribution < -0.4 is 0 Å². The lowest BCUT2D eigenvalue weighted by Crippen LogP contribution is -2.28. The average Bonchev–Trinajstić information content (AvgIpc) is 3.11. The molecule has 0 aromatic carbocycles. The molecule has 0 atom stereocenters. The van der Waals surface area contributed by atoms with Crippen molar-refractivity contribution >= 4 is 5.65 Å². The highest BCUT2D eigenvalue weighted by atomic mass is 16.3. The van der Waals surface area contributed by atoms with E-state index in [0.717, 1.165) is 24.4 Å². The standard InChI is InChI=1S/C14H19N3O/c1-11-3-2-4-14-15-12(10-17(11)14)9-16(7-8-18)13-5-6-13/h2-4,10,13,18H,5-9H2,1H3. The highest BCUT2D eigenvalue weighted by Gasteiger charge is 2.28. The van der Waals surface area contributed by atoms with E-state index in [0.29, 0.717) is 6.04 Å². The fraction of sp³-hybridized carbons (Fsp3) is 0.500. The van der Waals surface area contributed by atoms with Gasteiger partial charge in [0.1, 0.15) is 5.65 Å². The number of aliphatic hydroxyl groups is 1. The second-order valence-electron chi connectivity index (χ2n) is 5.05. The number of hydrogen-bond donors (Lipinski definition) is 1. The molecule has 4 heteroatoms. The van der Waals surface area contributed by atoms with E-state index in [1.165, 1.54) is 18.5 Å². The average molecular weight is 245 g/mol. The van der Waals surface area contributed by atoms with Gasteiger partial charge in [0, 0.05) is 31.0 Å². The minimum atomic E-state index is 0.225. The van der Waals surface area contributed by atoms with Gasteiger partial charge in [0.05, 0.1) is 12.3 Å². The molecule has 1 fully saturated rings. The molecule has 2 aromatic rings. The van der Waals surface area contributed by atoms with Crippen molar-refractivity contribution in [1.29, 1.82) is 0 Å². The number of aromatic nitrogens is 2. The minimum Gasteiger partial charge on any atom is -0.395 e. The quantitative estimate of drug-likeness (QED) is 0.870. The first kappa shape index (κ1) is 11.7. The van der Waals surface area contributed by atoms with Gasteiger partial charge in [-0.3, -0.25) is 4.90 Å². The van der Waals surface area contributed by atoms with Crippen LogP contribution in [0.3, 0.4) is 0 Å². The van der Waals surface area contributed by atoms with Gasteiger partial charge in [0.15, 0.2) is 0 Å². The van der Waals surface area contributed by atoms with Crippen LogP contribution in [0.15, 0.2) is 24.4 Å². The number of rotatable bonds is 5. The Balaban J connectivity index is 1.83. The Kier molecular flexibility index (Phi) is 3.06. The lowest BCUT2D eigenvalue weighted by Gasteiger charge is -2.19. The summed E-state index contributed by atoms with van der Waals surface area (Å²) in [6, 6.07) is 6.81. The third-order valence-electron chi connectivity index (χ3n) is 3.56. The number of nitrogens with zero attached hydrogens (tertiary/aromatic N) is 3. The fourth-order valence-electron chi connectivity index (χ4n) is 2.44. The van der Waals surface area contributed by atoms with Crippen molar-refractivity contribution in [3.8, 4) is 0 Å². The molecule has 0 spiro atoms. The van der Waals surface area contributed by atoms with Crippen molar-refractivity contribution in [2.75, 3.05) is 13.2 Å². The van der Waals surface area contributed by atoms with Crippen LogP contribution >= 0.6 is 0 Å². The summed E-state index contributed by atoms with van der Waals surface area (Å²) >= 11 is 0. The summed E-state index contributed by atoms with van der Waals surface area (Å²) in [5.74, 6) is 0. The maximum Gasteiger partial charge on any atom is 0.137 e. The molecule has 96 valence electrons. The van der Waals surface area contributed by atoms with Crippen LogP contribution in [0.4, 0.5) is 0 Å². The van der Waals surface area contributed by atoms with Crippen LogP contribution in [0, 0.1) is 6.92 Å². The summed E-state index contributed by atoms with van der Waals surface area (Å²) in [5, 5.41) is 9.11. The predicted molar refractivity (Wildman–Crippen MR) is 70.4 cm³/mol. The Labute approximate surface area is 107 Å². The van der Waals surface area contributed by atoms with Crippen molar-refractivity contribution < 1.29 is 5.11 Å². The molecule has 1 aliphatic rings. The van der Waals surface area contributed by atoms with Crippen molar-refractivity contribution in [3.63, 3.8) is 0 Å². The summed E-state index contributed by atoms with van der Waals surface area (Å²) in [6.45, 7) is 3.90. The Hall–Kier alpha value is -1.39. The smallest absolute Gasteiger partial charge is 0.137 e. The first-order valence-electron chi connectivity index (χ1n) is 6.56. The molecule has 0 amide bonds. The zero-order valence-electron chi connectivity index (χ0n) is 10.7. The van der Waals surface area contributed by atoms with Crippen molar-refractivity contribution in [1.82, 2.24) is 14.3 Å². The summed E-state index contributed by atoms with van der Waals surface area (Å²) in [5.41, 5.74) is 3.29. The van der Waals surface area contributed by atoms with Gasteiger partial charge in [0.25, 0.3) is 0 Å². The van der Waals surface area contributed by atoms with Gasteiger partial charge in [-0.1, -0.05) is 6.07 Å². The molecule has 1 saturated carbocycles. The second kappa shape index (κ2) is 4.71. The Bertz CT molecular complexity index is 545. The van der Waals surface area contributed by atoms with Gasteiger partial charge in [-0.2, -0.15) is 0 Å². The van der Waals surface area contributed by atoms with Crippen LogP contribution in [-0.4, -0.2) is 38.6 Å². The molecule has 18 heavy (non-hydrogen) atoms. The number of aliphatic hydroxyl groups excluding tert-OH is 1. The molecule has 1 aliphatic carbocycles. The monoisotopic (exact) mass is 245 g/mol. The van der Waals surface area contributed by atoms with E-state index in [9.17, 15) is 0 Å². The summed E-state index contributed by atoms with van der Waals surface area (Å²) < 4.78 is 2.12. The number of aryl methyl sites for hydroxylation is 1. The van der Waals surface area contributed by atoms with Crippen molar-refractivity contribution in [3.05, 3.63) is 35.8 Å². The van der Waals surface area contributed by atoms with Crippen molar-refractivity contribution in [2.45, 2.75) is 32.4 Å². The summed E-state index contributed by atoms with van der Waals surface area (Å²) in [6.07, 6.45) is 4.62. The minimum absolute atomic E-state index is 0.225. The second-order valence-corrected chi connectivity index (χ2v) is 5.05. The third kappa shape index (κ3) is 2.26. The van der Waals surface area contributed by atoms with Crippen molar-refractivity contribution in [2.24, 2.45) is 0 Å². The highest BCUT2D eigenvalue weighted by Crippen LogP contribution is 2.27. The van der Waals surface area contributed by atoms with Crippen LogP contribution in [0.25, 0.3) is 5.65 Å². The maximum absolute atomic E-state index is 9.11. The first-order chi connectivity index (χ1) is 8.78. The van der Waals surface area contributed by atoms with Gasteiger partial charge in [-0.15, -0.1) is 0 Å². The summed E-state index contributed by atoms with van der Waals surface area (Å²) in [4.78, 5) is 6.98. The Morgan fingerprint density at radius 3 is 2.94 bits per heavy atom. The van der Waals surface area contributed by atoms with Gasteiger partial charge >= 0.3 is 0 Å². The van der Waals surface area contributed by atoms with Gasteiger partial charge < -0.3 is 9.51 Å². The van der Waals surface area contributed by atoms with E-state index >= 15 is 0 Å². The molecule has 4 nitrogen and oxygen atoms in total. The molecule has 3 rings (SSSR count). The first-order valence-corrected chi connectivity index (χ1v) is 6.56. The normalized spacial score (nSPS) is 15.7. The molecule has 0 radical (unpaired) electrons.